The van der Waals surface area contributed by atoms with Gasteiger partial charge in [0.15, 0.2) is 0 Å². The number of alkyl carbamates (subject to hydrolysis) is 1. The lowest BCUT2D eigenvalue weighted by atomic mass is 9.99. The Bertz CT molecular complexity index is 1190. The smallest absolute Gasteiger partial charge is 0.410 e. The standard InChI is InChI=1S/C32H44N4O7/c1-32(2,3)34-29(38)27-19-36(31(40)42-21-24-12-8-5-9-13-24)16-15-35(27)20-28(37)26(18-23-10-6-4-7-11-23)33-30(39)43-25-14-17-41-22-25/h4-13,25-28,37H,14-22H2,1-3H3,(H,33,39)(H,34,38)/t25-,26-,27-,28-/m0/s1. The lowest BCUT2D eigenvalue weighted by molar-refractivity contribution is -0.130. The monoisotopic (exact) mass is 596 g/mol. The van der Waals surface area contributed by atoms with Gasteiger partial charge in [0.05, 0.1) is 25.4 Å². The number of piperazine rings is 1. The maximum Gasteiger partial charge on any atom is 0.410 e. The predicted octanol–water partition coefficient (Wildman–Crippen LogP) is 2.71. The number of aliphatic hydroxyl groups is 1. The van der Waals surface area contributed by atoms with E-state index < -0.39 is 35.9 Å². The Labute approximate surface area is 253 Å². The summed E-state index contributed by atoms with van der Waals surface area (Å²) in [5.41, 5.74) is 1.31. The second kappa shape index (κ2) is 15.2. The third kappa shape index (κ3) is 10.2. The van der Waals surface area contributed by atoms with Gasteiger partial charge in [-0.25, -0.2) is 9.59 Å². The van der Waals surface area contributed by atoms with Gasteiger partial charge in [-0.3, -0.25) is 9.69 Å². The van der Waals surface area contributed by atoms with Crippen LogP contribution in [0.15, 0.2) is 60.7 Å². The molecule has 3 N–H and O–H groups in total. The Morgan fingerprint density at radius 2 is 1.70 bits per heavy atom. The van der Waals surface area contributed by atoms with E-state index in [1.165, 1.54) is 4.90 Å². The van der Waals surface area contributed by atoms with Crippen LogP contribution in [0.4, 0.5) is 9.59 Å². The van der Waals surface area contributed by atoms with Crippen molar-refractivity contribution in [3.05, 3.63) is 71.8 Å². The zero-order chi connectivity index (χ0) is 30.8. The molecule has 0 aromatic heterocycles. The second-order valence-electron chi connectivity index (χ2n) is 12.1. The van der Waals surface area contributed by atoms with Crippen LogP contribution >= 0.6 is 0 Å². The van der Waals surface area contributed by atoms with Gasteiger partial charge in [0.2, 0.25) is 5.91 Å². The summed E-state index contributed by atoms with van der Waals surface area (Å²) in [6, 6.07) is 17.5. The predicted molar refractivity (Wildman–Crippen MR) is 160 cm³/mol. The molecule has 234 valence electrons. The lowest BCUT2D eigenvalue weighted by Crippen LogP contribution is -2.64. The van der Waals surface area contributed by atoms with E-state index in [9.17, 15) is 19.5 Å². The van der Waals surface area contributed by atoms with Gasteiger partial charge in [-0.1, -0.05) is 60.7 Å². The quantitative estimate of drug-likeness (QED) is 0.382. The van der Waals surface area contributed by atoms with Gasteiger partial charge in [-0.2, -0.15) is 0 Å². The average molecular weight is 597 g/mol. The van der Waals surface area contributed by atoms with Crippen LogP contribution in [0.5, 0.6) is 0 Å². The van der Waals surface area contributed by atoms with Crippen LogP contribution in [0.25, 0.3) is 0 Å². The number of hydrogen-bond donors (Lipinski definition) is 3. The topological polar surface area (TPSA) is 130 Å². The zero-order valence-electron chi connectivity index (χ0n) is 25.2. The number of nitrogens with one attached hydrogen (secondary N) is 2. The van der Waals surface area contributed by atoms with Crippen molar-refractivity contribution in [2.24, 2.45) is 0 Å². The molecular formula is C32H44N4O7. The van der Waals surface area contributed by atoms with Crippen LogP contribution in [0.1, 0.15) is 38.3 Å². The maximum atomic E-state index is 13.5. The van der Waals surface area contributed by atoms with Gasteiger partial charge < -0.3 is 34.9 Å². The number of carbonyl (C=O) groups is 3. The molecule has 2 aliphatic rings. The lowest BCUT2D eigenvalue weighted by Gasteiger charge is -2.42. The van der Waals surface area contributed by atoms with Crippen molar-refractivity contribution < 1.29 is 33.7 Å². The summed E-state index contributed by atoms with van der Waals surface area (Å²) >= 11 is 0. The number of rotatable bonds is 10. The first-order valence-corrected chi connectivity index (χ1v) is 14.9. The van der Waals surface area contributed by atoms with Crippen LogP contribution < -0.4 is 10.6 Å². The number of β-amino-alcohol motifs (C(OH)–C–C–N with tert-alkyl or cyclic N) is 1. The van der Waals surface area contributed by atoms with E-state index in [0.717, 1.165) is 11.1 Å². The van der Waals surface area contributed by atoms with Gasteiger partial charge in [0.25, 0.3) is 0 Å². The third-order valence-electron chi connectivity index (χ3n) is 7.40. The molecule has 2 aliphatic heterocycles. The molecule has 0 spiro atoms. The second-order valence-corrected chi connectivity index (χ2v) is 12.1. The minimum atomic E-state index is -1.03. The fourth-order valence-corrected chi connectivity index (χ4v) is 5.18. The largest absolute Gasteiger partial charge is 0.445 e. The van der Waals surface area contributed by atoms with E-state index in [1.807, 2.05) is 86.3 Å². The van der Waals surface area contributed by atoms with Gasteiger partial charge in [0, 0.05) is 38.1 Å². The minimum Gasteiger partial charge on any atom is -0.445 e. The first-order valence-electron chi connectivity index (χ1n) is 14.9. The molecular weight excluding hydrogens is 552 g/mol. The molecule has 43 heavy (non-hydrogen) atoms. The fraction of sp³-hybridized carbons (Fsp3) is 0.531. The van der Waals surface area contributed by atoms with Gasteiger partial charge in [-0.15, -0.1) is 0 Å². The van der Waals surface area contributed by atoms with Crippen molar-refractivity contribution in [3.8, 4) is 0 Å². The number of aliphatic hydroxyl groups excluding tert-OH is 1. The third-order valence-corrected chi connectivity index (χ3v) is 7.40. The Kier molecular flexibility index (Phi) is 11.4. The molecule has 2 fully saturated rings. The Morgan fingerprint density at radius 3 is 2.33 bits per heavy atom. The highest BCUT2D eigenvalue weighted by molar-refractivity contribution is 5.83. The maximum absolute atomic E-state index is 13.5. The molecule has 0 unspecified atom stereocenters. The molecule has 0 radical (unpaired) electrons. The van der Waals surface area contributed by atoms with Crippen LogP contribution in [-0.2, 0) is 32.0 Å². The van der Waals surface area contributed by atoms with Crippen molar-refractivity contribution in [3.63, 3.8) is 0 Å². The molecule has 0 aliphatic carbocycles. The number of benzene rings is 2. The highest BCUT2D eigenvalue weighted by Crippen LogP contribution is 2.17. The van der Waals surface area contributed by atoms with Gasteiger partial charge in [-0.05, 0) is 38.3 Å². The van der Waals surface area contributed by atoms with Gasteiger partial charge >= 0.3 is 12.2 Å². The molecule has 2 aromatic rings. The molecule has 4 atom stereocenters. The van der Waals surface area contributed by atoms with Crippen LogP contribution in [-0.4, -0.2) is 102 Å². The zero-order valence-corrected chi connectivity index (χ0v) is 25.2. The van der Waals surface area contributed by atoms with Crippen molar-refractivity contribution in [2.45, 2.75) is 70.1 Å². The van der Waals surface area contributed by atoms with E-state index in [-0.39, 0.29) is 31.7 Å². The molecule has 3 amide bonds. The van der Waals surface area contributed by atoms with E-state index in [0.29, 0.717) is 39.1 Å². The molecule has 4 rings (SSSR count). The molecule has 2 heterocycles. The molecule has 2 aromatic carbocycles. The summed E-state index contributed by atoms with van der Waals surface area (Å²) < 4.78 is 16.3. The van der Waals surface area contributed by atoms with E-state index >= 15 is 0 Å². The van der Waals surface area contributed by atoms with Crippen LogP contribution in [0.2, 0.25) is 0 Å². The highest BCUT2D eigenvalue weighted by atomic mass is 16.6. The molecule has 11 nitrogen and oxygen atoms in total. The molecule has 11 heteroatoms. The molecule has 0 bridgehead atoms. The first-order chi connectivity index (χ1) is 20.6. The fourth-order valence-electron chi connectivity index (χ4n) is 5.18. The first kappa shape index (κ1) is 32.2. The normalized spacial score (nSPS) is 20.6. The summed E-state index contributed by atoms with van der Waals surface area (Å²) in [6.45, 7) is 7.54. The summed E-state index contributed by atoms with van der Waals surface area (Å²) in [5, 5.41) is 17.3. The number of carbonyl (C=O) groups excluding carboxylic acids is 3. The van der Waals surface area contributed by atoms with Gasteiger partial charge in [0.1, 0.15) is 18.8 Å². The summed E-state index contributed by atoms with van der Waals surface area (Å²) in [7, 11) is 0. The molecule has 0 saturated carbocycles. The van der Waals surface area contributed by atoms with Crippen molar-refractivity contribution in [1.82, 2.24) is 20.4 Å². The number of amides is 3. The van der Waals surface area contributed by atoms with Crippen molar-refractivity contribution in [1.29, 1.82) is 0 Å². The van der Waals surface area contributed by atoms with E-state index in [4.69, 9.17) is 14.2 Å². The number of nitrogens with zero attached hydrogens (tertiary/aromatic N) is 2. The SMILES string of the molecule is CC(C)(C)NC(=O)[C@@H]1CN(C(=O)OCc2ccccc2)CCN1C[C@H](O)[C@H](Cc1ccccc1)NC(=O)O[C@H]1CCOC1. The Hall–Kier alpha value is -3.67. The summed E-state index contributed by atoms with van der Waals surface area (Å²) in [5.74, 6) is -0.256. The van der Waals surface area contributed by atoms with Crippen LogP contribution in [0, 0.1) is 0 Å². The number of ether oxygens (including phenoxy) is 3. The van der Waals surface area contributed by atoms with E-state index in [2.05, 4.69) is 10.6 Å². The number of hydrogen-bond acceptors (Lipinski definition) is 8. The summed E-state index contributed by atoms with van der Waals surface area (Å²) in [4.78, 5) is 42.6. The average Bonchev–Trinajstić information content (AvgIpc) is 3.49. The summed E-state index contributed by atoms with van der Waals surface area (Å²) in [6.07, 6.45) is -1.49. The molecule has 2 saturated heterocycles. The Balaban J connectivity index is 1.44. The van der Waals surface area contributed by atoms with E-state index in [1.54, 1.807) is 0 Å². The highest BCUT2D eigenvalue weighted by Gasteiger charge is 2.38. The Morgan fingerprint density at radius 1 is 1.02 bits per heavy atom. The van der Waals surface area contributed by atoms with Crippen molar-refractivity contribution >= 4 is 18.1 Å². The van der Waals surface area contributed by atoms with Crippen molar-refractivity contribution in [2.75, 3.05) is 39.4 Å². The van der Waals surface area contributed by atoms with Crippen LogP contribution in [0.3, 0.4) is 0 Å². The minimum absolute atomic E-state index is 0.0967.